The zero-order chi connectivity index (χ0) is 17.4. The molecule has 0 heterocycles. The van der Waals surface area contributed by atoms with E-state index in [4.69, 9.17) is 16.3 Å². The Balaban J connectivity index is 0.00000529. The Morgan fingerprint density at radius 3 is 2.29 bits per heavy atom. The molecule has 7 nitrogen and oxygen atoms in total. The number of carbonyl (C=O) groups is 3. The molecule has 24 heavy (non-hydrogen) atoms. The van der Waals surface area contributed by atoms with Crippen molar-refractivity contribution in [3.63, 3.8) is 0 Å². The molecular weight excluding hydrogens is 349 g/mol. The molecule has 1 N–H and O–H groups in total. The minimum absolute atomic E-state index is 0. The summed E-state index contributed by atoms with van der Waals surface area (Å²) in [6.45, 7) is 2.58. The Morgan fingerprint density at radius 2 is 1.79 bits per heavy atom. The number of carbonyl (C=O) groups excluding carboxylic acids is 3. The van der Waals surface area contributed by atoms with Gasteiger partial charge in [0.1, 0.15) is 0 Å². The minimum atomic E-state index is -1.23. The van der Waals surface area contributed by atoms with E-state index in [0.29, 0.717) is 10.6 Å². The van der Waals surface area contributed by atoms with Crippen LogP contribution >= 0.6 is 11.6 Å². The molecule has 2 atom stereocenters. The smallest absolute Gasteiger partial charge is 0.550 e. The molecule has 2 unspecified atom stereocenters. The average Bonchev–Trinajstić information content (AvgIpc) is 2.43. The van der Waals surface area contributed by atoms with Crippen molar-refractivity contribution in [2.24, 2.45) is 0 Å². The van der Waals surface area contributed by atoms with E-state index in [9.17, 15) is 19.5 Å². The van der Waals surface area contributed by atoms with Gasteiger partial charge in [-0.2, -0.15) is 0 Å². The van der Waals surface area contributed by atoms with Crippen molar-refractivity contribution in [1.29, 1.82) is 0 Å². The normalized spacial score (nSPS) is 12.3. The first-order valence-corrected chi connectivity index (χ1v) is 7.25. The van der Waals surface area contributed by atoms with E-state index in [1.54, 1.807) is 24.3 Å². The largest absolute Gasteiger partial charge is 1.00 e. The van der Waals surface area contributed by atoms with Crippen molar-refractivity contribution in [3.05, 3.63) is 34.9 Å². The van der Waals surface area contributed by atoms with Crippen LogP contribution in [0, 0.1) is 0 Å². The van der Waals surface area contributed by atoms with Crippen LogP contribution in [0.15, 0.2) is 24.3 Å². The number of hydrogen-bond acceptors (Lipinski definition) is 6. The van der Waals surface area contributed by atoms with E-state index >= 15 is 0 Å². The van der Waals surface area contributed by atoms with Crippen molar-refractivity contribution < 1.29 is 58.5 Å². The van der Waals surface area contributed by atoms with Crippen LogP contribution in [0.1, 0.15) is 38.3 Å². The standard InChI is InChI=1S/C15H18ClNO6.Na/c1-9(18)22-10(2)23-15(21)17-13(7-8-14(19)20)11-3-5-12(16)6-4-11;/h3-6,10,13H,7-8H2,1-2H3,(H,17,21)(H,19,20);/q;+1/p-1. The van der Waals surface area contributed by atoms with Crippen LogP contribution in [0.4, 0.5) is 4.79 Å². The molecular formula is C15H17ClNNaO6. The van der Waals surface area contributed by atoms with E-state index in [1.165, 1.54) is 13.8 Å². The molecule has 1 aromatic carbocycles. The van der Waals surface area contributed by atoms with Crippen molar-refractivity contribution in [1.82, 2.24) is 5.32 Å². The Hall–Kier alpha value is -1.28. The number of carboxylic acids is 1. The van der Waals surface area contributed by atoms with Gasteiger partial charge in [-0.25, -0.2) is 4.79 Å². The molecule has 0 bridgehead atoms. The zero-order valence-corrected chi connectivity index (χ0v) is 16.5. The maximum Gasteiger partial charge on any atom is 1.00 e. The van der Waals surface area contributed by atoms with Crippen molar-refractivity contribution in [3.8, 4) is 0 Å². The summed E-state index contributed by atoms with van der Waals surface area (Å²) >= 11 is 5.80. The van der Waals surface area contributed by atoms with Crippen LogP contribution in [0.2, 0.25) is 5.02 Å². The Bertz CT molecular complexity index is 566. The molecule has 1 amide bonds. The van der Waals surface area contributed by atoms with Gasteiger partial charge in [0.25, 0.3) is 0 Å². The first-order chi connectivity index (χ1) is 10.8. The van der Waals surface area contributed by atoms with Crippen molar-refractivity contribution in [2.75, 3.05) is 0 Å². The number of aliphatic carboxylic acids is 1. The summed E-state index contributed by atoms with van der Waals surface area (Å²) in [4.78, 5) is 33.2. The number of amides is 1. The van der Waals surface area contributed by atoms with Crippen LogP contribution in [0.25, 0.3) is 0 Å². The van der Waals surface area contributed by atoms with Crippen LogP contribution in [-0.4, -0.2) is 24.3 Å². The molecule has 126 valence electrons. The quantitative estimate of drug-likeness (QED) is 0.360. The molecule has 0 saturated carbocycles. The predicted octanol–water partition coefficient (Wildman–Crippen LogP) is -1.45. The van der Waals surface area contributed by atoms with E-state index in [2.05, 4.69) is 10.1 Å². The first kappa shape index (κ1) is 22.7. The van der Waals surface area contributed by atoms with E-state index < -0.39 is 30.4 Å². The number of esters is 1. The molecule has 1 aromatic rings. The van der Waals surface area contributed by atoms with Crippen LogP contribution < -0.4 is 40.0 Å². The molecule has 0 aliphatic rings. The fraction of sp³-hybridized carbons (Fsp3) is 0.400. The fourth-order valence-corrected chi connectivity index (χ4v) is 1.99. The second-order valence-corrected chi connectivity index (χ2v) is 5.18. The molecule has 1 rings (SSSR count). The summed E-state index contributed by atoms with van der Waals surface area (Å²) in [7, 11) is 0. The maximum atomic E-state index is 11.8. The predicted molar refractivity (Wildman–Crippen MR) is 79.3 cm³/mol. The zero-order valence-electron chi connectivity index (χ0n) is 13.7. The van der Waals surface area contributed by atoms with Crippen LogP contribution in [-0.2, 0) is 19.1 Å². The molecule has 0 spiro atoms. The topological polar surface area (TPSA) is 105 Å². The number of carboxylic acid groups (broad SMARTS) is 1. The third-order valence-corrected chi connectivity index (χ3v) is 3.06. The summed E-state index contributed by atoms with van der Waals surface area (Å²) in [5.41, 5.74) is 0.660. The van der Waals surface area contributed by atoms with Crippen LogP contribution in [0.5, 0.6) is 0 Å². The molecule has 0 radical (unpaired) electrons. The summed E-state index contributed by atoms with van der Waals surface area (Å²) in [6, 6.07) is 5.97. The number of hydrogen-bond donors (Lipinski definition) is 1. The van der Waals surface area contributed by atoms with E-state index in [1.807, 2.05) is 0 Å². The van der Waals surface area contributed by atoms with Gasteiger partial charge in [-0.3, -0.25) is 4.79 Å². The van der Waals surface area contributed by atoms with Gasteiger partial charge in [-0.1, -0.05) is 23.7 Å². The number of alkyl carbamates (subject to hydrolysis) is 1. The molecule has 0 aliphatic carbocycles. The Labute approximate surface area is 166 Å². The van der Waals surface area contributed by atoms with Gasteiger partial charge in [0.2, 0.25) is 6.29 Å². The minimum Gasteiger partial charge on any atom is -0.550 e. The van der Waals surface area contributed by atoms with Gasteiger partial charge in [-0.15, -0.1) is 0 Å². The van der Waals surface area contributed by atoms with Gasteiger partial charge in [0.05, 0.1) is 6.04 Å². The molecule has 0 aromatic heterocycles. The van der Waals surface area contributed by atoms with Gasteiger partial charge >= 0.3 is 41.6 Å². The number of nitrogens with one attached hydrogen (secondary N) is 1. The average molecular weight is 366 g/mol. The molecule has 9 heteroatoms. The number of benzene rings is 1. The number of halogens is 1. The van der Waals surface area contributed by atoms with Gasteiger partial charge in [0, 0.05) is 24.8 Å². The number of rotatable bonds is 7. The van der Waals surface area contributed by atoms with E-state index in [-0.39, 0.29) is 42.4 Å². The molecule has 0 fully saturated rings. The monoisotopic (exact) mass is 365 g/mol. The fourth-order valence-electron chi connectivity index (χ4n) is 1.86. The third kappa shape index (κ3) is 9.12. The Kier molecular flexibility index (Phi) is 10.7. The van der Waals surface area contributed by atoms with E-state index in [0.717, 1.165) is 0 Å². The summed E-state index contributed by atoms with van der Waals surface area (Å²) in [5, 5.41) is 13.7. The molecule has 0 saturated heterocycles. The second kappa shape index (κ2) is 11.3. The summed E-state index contributed by atoms with van der Waals surface area (Å²) in [6.07, 6.45) is -2.02. The molecule has 0 aliphatic heterocycles. The number of ether oxygens (including phenoxy) is 2. The van der Waals surface area contributed by atoms with Gasteiger partial charge < -0.3 is 24.7 Å². The maximum absolute atomic E-state index is 11.8. The second-order valence-electron chi connectivity index (χ2n) is 4.74. The van der Waals surface area contributed by atoms with Crippen molar-refractivity contribution in [2.45, 2.75) is 39.0 Å². The summed E-state index contributed by atoms with van der Waals surface area (Å²) in [5.74, 6) is -1.82. The van der Waals surface area contributed by atoms with Gasteiger partial charge in [-0.05, 0) is 30.5 Å². The van der Waals surface area contributed by atoms with Gasteiger partial charge in [0.15, 0.2) is 0 Å². The SMILES string of the molecule is CC(=O)OC(C)OC(=O)NC(CCC(=O)[O-])c1ccc(Cl)cc1.[Na+]. The first-order valence-electron chi connectivity index (χ1n) is 6.87. The summed E-state index contributed by atoms with van der Waals surface area (Å²) < 4.78 is 9.54. The van der Waals surface area contributed by atoms with Crippen LogP contribution in [0.3, 0.4) is 0 Å². The van der Waals surface area contributed by atoms with Crippen molar-refractivity contribution >= 4 is 29.6 Å². The third-order valence-electron chi connectivity index (χ3n) is 2.81. The Morgan fingerprint density at radius 1 is 1.21 bits per heavy atom.